The molecule has 0 amide bonds. The van der Waals surface area contributed by atoms with Crippen molar-refractivity contribution in [2.45, 2.75) is 20.8 Å². The summed E-state index contributed by atoms with van der Waals surface area (Å²) in [4.78, 5) is 4.71. The van der Waals surface area contributed by atoms with E-state index < -0.39 is 0 Å². The number of benzene rings is 1. The Kier molecular flexibility index (Phi) is 2.98. The van der Waals surface area contributed by atoms with Gasteiger partial charge in [-0.3, -0.25) is 0 Å². The zero-order chi connectivity index (χ0) is 12.6. The molecule has 3 nitrogen and oxygen atoms in total. The minimum atomic E-state index is 0.412. The van der Waals surface area contributed by atoms with Gasteiger partial charge in [-0.25, -0.2) is 4.98 Å². The molecule has 1 aromatic carbocycles. The van der Waals surface area contributed by atoms with Crippen molar-refractivity contribution >= 4 is 17.2 Å². The van der Waals surface area contributed by atoms with Gasteiger partial charge in [-0.2, -0.15) is 0 Å². The molecule has 2 N–H and O–H groups in total. The van der Waals surface area contributed by atoms with E-state index in [1.807, 2.05) is 43.5 Å². The normalized spacial score (nSPS) is 10.5. The Labute approximate surface area is 106 Å². The fourth-order valence-electron chi connectivity index (χ4n) is 1.80. The average molecular weight is 245 g/mol. The quantitative estimate of drug-likeness (QED) is 0.826. The first-order valence-corrected chi connectivity index (χ1v) is 5.83. The van der Waals surface area contributed by atoms with E-state index in [1.165, 1.54) is 0 Å². The van der Waals surface area contributed by atoms with Crippen LogP contribution in [0.3, 0.4) is 0 Å². The van der Waals surface area contributed by atoms with E-state index in [0.29, 0.717) is 4.99 Å². The number of nitrogens with two attached hydrogens (primary N) is 1. The number of nitrogens with zero attached hydrogens (tertiary/aromatic N) is 2. The summed E-state index contributed by atoms with van der Waals surface area (Å²) in [5, 5.41) is 0. The molecule has 17 heavy (non-hydrogen) atoms. The molecule has 0 aliphatic carbocycles. The van der Waals surface area contributed by atoms with Crippen LogP contribution < -0.4 is 5.73 Å². The van der Waals surface area contributed by atoms with Gasteiger partial charge in [0.2, 0.25) is 0 Å². The van der Waals surface area contributed by atoms with Crippen molar-refractivity contribution in [3.63, 3.8) is 0 Å². The van der Waals surface area contributed by atoms with Crippen molar-refractivity contribution < 1.29 is 0 Å². The molecule has 0 fully saturated rings. The molecule has 2 aromatic rings. The number of imidazole rings is 1. The summed E-state index contributed by atoms with van der Waals surface area (Å²) in [5.74, 6) is 0. The van der Waals surface area contributed by atoms with Gasteiger partial charge in [-0.05, 0) is 32.9 Å². The molecule has 1 heterocycles. The third-order valence-corrected chi connectivity index (χ3v) is 3.15. The molecule has 0 unspecified atom stereocenters. The lowest BCUT2D eigenvalue weighted by Crippen LogP contribution is -2.14. The summed E-state index contributed by atoms with van der Waals surface area (Å²) in [6, 6.07) is 6.08. The number of hydrogen-bond acceptors (Lipinski definition) is 2. The van der Waals surface area contributed by atoms with Gasteiger partial charge >= 0.3 is 0 Å². The van der Waals surface area contributed by atoms with Crippen molar-refractivity contribution in [2.75, 3.05) is 0 Å². The van der Waals surface area contributed by atoms with Gasteiger partial charge in [-0.15, -0.1) is 0 Å². The van der Waals surface area contributed by atoms with Crippen LogP contribution in [-0.4, -0.2) is 14.5 Å². The SMILES string of the molecule is Cc1ccc(-n2cnc(C)c2C)c(C(N)=S)c1. The van der Waals surface area contributed by atoms with Gasteiger partial charge in [0.05, 0.1) is 17.7 Å². The van der Waals surface area contributed by atoms with Gasteiger partial charge in [0.25, 0.3) is 0 Å². The second-order valence-corrected chi connectivity index (χ2v) is 4.61. The van der Waals surface area contributed by atoms with Crippen molar-refractivity contribution in [3.05, 3.63) is 47.0 Å². The summed E-state index contributed by atoms with van der Waals surface area (Å²) in [5.41, 5.74) is 10.9. The second-order valence-electron chi connectivity index (χ2n) is 4.17. The monoisotopic (exact) mass is 245 g/mol. The van der Waals surface area contributed by atoms with Crippen molar-refractivity contribution in [1.82, 2.24) is 9.55 Å². The maximum absolute atomic E-state index is 5.78. The predicted octanol–water partition coefficient (Wildman–Crippen LogP) is 2.43. The predicted molar refractivity (Wildman–Crippen MR) is 73.7 cm³/mol. The standard InChI is InChI=1S/C13H15N3S/c1-8-4-5-12(11(6-8)13(14)17)16-7-15-9(2)10(16)3/h4-7H,1-3H3,(H2,14,17). The van der Waals surface area contributed by atoms with Crippen LogP contribution >= 0.6 is 12.2 Å². The summed E-state index contributed by atoms with van der Waals surface area (Å²) in [7, 11) is 0. The lowest BCUT2D eigenvalue weighted by atomic mass is 10.1. The van der Waals surface area contributed by atoms with Crippen LogP contribution in [0.2, 0.25) is 0 Å². The first-order chi connectivity index (χ1) is 8.00. The Balaban J connectivity index is 2.67. The van der Waals surface area contributed by atoms with Crippen molar-refractivity contribution in [2.24, 2.45) is 5.73 Å². The minimum absolute atomic E-state index is 0.412. The molecule has 2 rings (SSSR count). The fourth-order valence-corrected chi connectivity index (χ4v) is 1.96. The van der Waals surface area contributed by atoms with E-state index >= 15 is 0 Å². The van der Waals surface area contributed by atoms with Gasteiger partial charge in [0, 0.05) is 11.3 Å². The number of rotatable bonds is 2. The summed E-state index contributed by atoms with van der Waals surface area (Å²) < 4.78 is 2.02. The summed E-state index contributed by atoms with van der Waals surface area (Å²) in [6.45, 7) is 6.05. The van der Waals surface area contributed by atoms with Gasteiger partial charge in [0.15, 0.2) is 0 Å². The van der Waals surface area contributed by atoms with Crippen LogP contribution in [0.5, 0.6) is 0 Å². The lowest BCUT2D eigenvalue weighted by molar-refractivity contribution is 0.996. The van der Waals surface area contributed by atoms with Crippen LogP contribution in [0.15, 0.2) is 24.5 Å². The molecular weight excluding hydrogens is 230 g/mol. The average Bonchev–Trinajstić information content (AvgIpc) is 2.60. The third kappa shape index (κ3) is 2.08. The Hall–Kier alpha value is -1.68. The fraction of sp³-hybridized carbons (Fsp3) is 0.231. The molecule has 88 valence electrons. The van der Waals surface area contributed by atoms with Gasteiger partial charge in [-0.1, -0.05) is 23.8 Å². The summed E-state index contributed by atoms with van der Waals surface area (Å²) in [6.07, 6.45) is 1.80. The van der Waals surface area contributed by atoms with E-state index in [1.54, 1.807) is 6.33 Å². The minimum Gasteiger partial charge on any atom is -0.389 e. The number of thiocarbonyl (C=S) groups is 1. The topological polar surface area (TPSA) is 43.8 Å². The maximum atomic E-state index is 5.78. The van der Waals surface area contributed by atoms with E-state index in [-0.39, 0.29) is 0 Å². The molecule has 0 radical (unpaired) electrons. The smallest absolute Gasteiger partial charge is 0.106 e. The van der Waals surface area contributed by atoms with Crippen LogP contribution in [0, 0.1) is 20.8 Å². The maximum Gasteiger partial charge on any atom is 0.106 e. The Bertz CT molecular complexity index is 584. The molecule has 0 atom stereocenters. The van der Waals surface area contributed by atoms with Crippen LogP contribution in [0.1, 0.15) is 22.5 Å². The van der Waals surface area contributed by atoms with Crippen LogP contribution in [0.4, 0.5) is 0 Å². The van der Waals surface area contributed by atoms with Gasteiger partial charge in [0.1, 0.15) is 4.99 Å². The van der Waals surface area contributed by atoms with E-state index in [4.69, 9.17) is 18.0 Å². The molecule has 0 bridgehead atoms. The van der Waals surface area contributed by atoms with E-state index in [2.05, 4.69) is 4.98 Å². The van der Waals surface area contributed by atoms with Crippen molar-refractivity contribution in [1.29, 1.82) is 0 Å². The molecule has 0 aliphatic heterocycles. The van der Waals surface area contributed by atoms with Crippen LogP contribution in [0.25, 0.3) is 5.69 Å². The molecule has 0 spiro atoms. The number of aromatic nitrogens is 2. The highest BCUT2D eigenvalue weighted by Gasteiger charge is 2.10. The molecule has 1 aromatic heterocycles. The molecule has 0 saturated carbocycles. The number of hydrogen-bond donors (Lipinski definition) is 1. The van der Waals surface area contributed by atoms with E-state index in [0.717, 1.165) is 28.2 Å². The Morgan fingerprint density at radius 2 is 2.00 bits per heavy atom. The van der Waals surface area contributed by atoms with Crippen molar-refractivity contribution in [3.8, 4) is 5.69 Å². The van der Waals surface area contributed by atoms with Crippen LogP contribution in [-0.2, 0) is 0 Å². The lowest BCUT2D eigenvalue weighted by Gasteiger charge is -2.12. The summed E-state index contributed by atoms with van der Waals surface area (Å²) >= 11 is 5.10. The highest BCUT2D eigenvalue weighted by atomic mass is 32.1. The molecule has 0 saturated heterocycles. The second kappa shape index (κ2) is 4.30. The highest BCUT2D eigenvalue weighted by molar-refractivity contribution is 7.80. The first kappa shape index (κ1) is 11.8. The molecule has 0 aliphatic rings. The van der Waals surface area contributed by atoms with E-state index in [9.17, 15) is 0 Å². The highest BCUT2D eigenvalue weighted by Crippen LogP contribution is 2.19. The zero-order valence-electron chi connectivity index (χ0n) is 10.2. The Morgan fingerprint density at radius 3 is 2.53 bits per heavy atom. The zero-order valence-corrected chi connectivity index (χ0v) is 11.0. The molecule has 4 heteroatoms. The largest absolute Gasteiger partial charge is 0.389 e. The third-order valence-electron chi connectivity index (χ3n) is 2.93. The first-order valence-electron chi connectivity index (χ1n) is 5.42. The Morgan fingerprint density at radius 1 is 1.29 bits per heavy atom. The number of aryl methyl sites for hydroxylation is 2. The van der Waals surface area contributed by atoms with Gasteiger partial charge < -0.3 is 10.3 Å². The molecular formula is C13H15N3S.